The van der Waals surface area contributed by atoms with Crippen LogP contribution in [0.4, 0.5) is 0 Å². The van der Waals surface area contributed by atoms with Crippen LogP contribution in [0.1, 0.15) is 6.92 Å². The Balaban J connectivity index is 0.00000220. The minimum atomic E-state index is -1.62. The van der Waals surface area contributed by atoms with E-state index in [-0.39, 0.29) is 88.1 Å². The second-order valence-corrected chi connectivity index (χ2v) is 6.03. The van der Waals surface area contributed by atoms with Gasteiger partial charge >= 0.3 is 0 Å². The zero-order valence-corrected chi connectivity index (χ0v) is 22.2. The summed E-state index contributed by atoms with van der Waals surface area (Å²) in [6.45, 7) is 1.56. The molecule has 0 amide bonds. The topological polar surface area (TPSA) is 116 Å². The van der Waals surface area contributed by atoms with Crippen molar-refractivity contribution in [3.8, 4) is 0 Å². The molecule has 6 atom stereocenters. The molecule has 1 aromatic rings. The number of benzene rings is 1. The van der Waals surface area contributed by atoms with E-state index in [1.165, 1.54) is 0 Å². The summed E-state index contributed by atoms with van der Waals surface area (Å²) < 4.78 is 18.0. The van der Waals surface area contributed by atoms with Gasteiger partial charge in [-0.05, 0) is 24.6 Å². The Morgan fingerprint density at radius 1 is 1.23 bits per heavy atom. The number of aliphatic hydroxyl groups excluding tert-OH is 2. The molecule has 1 fully saturated rings. The molecule has 1 saturated heterocycles. The maximum absolute atomic E-state index is 12.5. The molecule has 1 aromatic carbocycles. The van der Waals surface area contributed by atoms with Gasteiger partial charge in [-0.2, -0.15) is 0 Å². The van der Waals surface area contributed by atoms with Gasteiger partial charge in [-0.25, -0.2) is 0 Å². The van der Waals surface area contributed by atoms with Gasteiger partial charge in [0.15, 0.2) is 0 Å². The minimum Gasteiger partial charge on any atom is -0.390 e. The summed E-state index contributed by atoms with van der Waals surface area (Å²) in [6.07, 6.45) is -3.20. The predicted octanol–water partition coefficient (Wildman–Crippen LogP) is 0.940. The molecule has 0 spiro atoms. The van der Waals surface area contributed by atoms with Crippen molar-refractivity contribution in [1.29, 1.82) is 0 Å². The Morgan fingerprint density at radius 3 is 2.36 bits per heavy atom. The van der Waals surface area contributed by atoms with Crippen molar-refractivity contribution >= 4 is 10.8 Å². The second kappa shape index (κ2) is 11.1. The standard InChI is InChI=1S/C12H15N3O4S.2Ac/c1-7-10(16)11(17)9(14-15-13)12(19-7)20(18)8-5-3-2-4-6-8;;/h2-7,9-12,16-17H,1H3;;. The molecular weight excluding hydrogens is 736 g/mol. The van der Waals surface area contributed by atoms with E-state index < -0.39 is 40.6 Å². The van der Waals surface area contributed by atoms with Crippen LogP contribution in [0.2, 0.25) is 0 Å². The minimum absolute atomic E-state index is 0. The van der Waals surface area contributed by atoms with Crippen molar-refractivity contribution in [3.05, 3.63) is 40.8 Å². The molecule has 2 radical (unpaired) electrons. The van der Waals surface area contributed by atoms with Crippen molar-refractivity contribution in [2.45, 2.75) is 41.6 Å². The zero-order chi connectivity index (χ0) is 14.7. The number of ether oxygens (including phenoxy) is 1. The van der Waals surface area contributed by atoms with Gasteiger partial charge in [0.1, 0.15) is 17.6 Å². The average molecular weight is 751 g/mol. The van der Waals surface area contributed by atoms with Crippen LogP contribution in [0.25, 0.3) is 10.4 Å². The Bertz CT molecular complexity index is 544. The van der Waals surface area contributed by atoms with Crippen LogP contribution in [0, 0.1) is 88.1 Å². The predicted molar refractivity (Wildman–Crippen MR) is 72.1 cm³/mol. The quantitative estimate of drug-likeness (QED) is 0.272. The fourth-order valence-electron chi connectivity index (χ4n) is 2.06. The first-order valence-corrected chi connectivity index (χ1v) is 7.29. The largest absolute Gasteiger partial charge is 0.390 e. The summed E-state index contributed by atoms with van der Waals surface area (Å²) in [6, 6.07) is 7.46. The Morgan fingerprint density at radius 2 is 1.82 bits per heavy atom. The molecule has 0 bridgehead atoms. The van der Waals surface area contributed by atoms with Gasteiger partial charge in [0.25, 0.3) is 0 Å². The van der Waals surface area contributed by atoms with Crippen LogP contribution in [0.3, 0.4) is 0 Å². The number of hydrogen-bond donors (Lipinski definition) is 2. The third-order valence-corrected chi connectivity index (χ3v) is 4.73. The molecule has 6 unspecified atom stereocenters. The molecule has 0 aliphatic carbocycles. The van der Waals surface area contributed by atoms with E-state index in [0.29, 0.717) is 4.90 Å². The summed E-state index contributed by atoms with van der Waals surface area (Å²) in [5.74, 6) is 0. The molecular formula is C12H15Ac2N3O4S. The molecule has 1 heterocycles. The van der Waals surface area contributed by atoms with Crippen LogP contribution in [-0.4, -0.2) is 44.2 Å². The van der Waals surface area contributed by atoms with Gasteiger partial charge in [0, 0.05) is 97.9 Å². The summed E-state index contributed by atoms with van der Waals surface area (Å²) in [5.41, 5.74) is 7.57. The average Bonchev–Trinajstić information content (AvgIpc) is 2.48. The van der Waals surface area contributed by atoms with Crippen molar-refractivity contribution in [2.24, 2.45) is 5.11 Å². The fraction of sp³-hybridized carbons (Fsp3) is 0.500. The van der Waals surface area contributed by atoms with Crippen LogP contribution in [0.15, 0.2) is 40.3 Å². The molecule has 114 valence electrons. The fourth-order valence-corrected chi connectivity index (χ4v) is 3.50. The van der Waals surface area contributed by atoms with Crippen molar-refractivity contribution in [3.63, 3.8) is 0 Å². The zero-order valence-electron chi connectivity index (χ0n) is 11.9. The van der Waals surface area contributed by atoms with Gasteiger partial charge in [-0.3, -0.25) is 4.21 Å². The van der Waals surface area contributed by atoms with Crippen molar-refractivity contribution in [2.75, 3.05) is 0 Å². The van der Waals surface area contributed by atoms with Crippen LogP contribution in [-0.2, 0) is 15.5 Å². The van der Waals surface area contributed by atoms with Crippen molar-refractivity contribution in [1.82, 2.24) is 0 Å². The number of hydrogen-bond acceptors (Lipinski definition) is 5. The summed E-state index contributed by atoms with van der Waals surface area (Å²) in [5, 5.41) is 23.2. The molecule has 2 N–H and O–H groups in total. The summed E-state index contributed by atoms with van der Waals surface area (Å²) in [4.78, 5) is 3.14. The Hall–Kier alpha value is 1.44. The third kappa shape index (κ3) is 5.48. The number of nitrogens with zero attached hydrogens (tertiary/aromatic N) is 3. The van der Waals surface area contributed by atoms with E-state index in [4.69, 9.17) is 10.3 Å². The van der Waals surface area contributed by atoms with Crippen molar-refractivity contribution < 1.29 is 107 Å². The summed E-state index contributed by atoms with van der Waals surface area (Å²) >= 11 is 0. The maximum atomic E-state index is 12.5. The SMILES string of the molecule is CC1OC(S(=O)c2ccccc2)C(N=[N+]=[N-])C(O)C1O.[Ac].[Ac]. The van der Waals surface area contributed by atoms with E-state index in [1.807, 2.05) is 0 Å². The molecule has 1 aliphatic rings. The molecule has 7 nitrogen and oxygen atoms in total. The van der Waals surface area contributed by atoms with Gasteiger partial charge in [0.05, 0.1) is 23.0 Å². The van der Waals surface area contributed by atoms with E-state index in [2.05, 4.69) is 10.0 Å². The normalized spacial score (nSPS) is 31.9. The van der Waals surface area contributed by atoms with E-state index in [0.717, 1.165) is 0 Å². The monoisotopic (exact) mass is 751 g/mol. The maximum Gasteiger partial charge on any atom is 0.148 e. The van der Waals surface area contributed by atoms with Gasteiger partial charge in [0.2, 0.25) is 0 Å². The molecule has 0 saturated carbocycles. The van der Waals surface area contributed by atoms with E-state index in [1.54, 1.807) is 37.3 Å². The molecule has 10 heteroatoms. The summed E-state index contributed by atoms with van der Waals surface area (Å²) in [7, 11) is -1.62. The molecule has 2 rings (SSSR count). The first-order chi connectivity index (χ1) is 9.56. The molecule has 1 aliphatic heterocycles. The molecule has 22 heavy (non-hydrogen) atoms. The van der Waals surface area contributed by atoms with Gasteiger partial charge in [-0.1, -0.05) is 23.3 Å². The number of rotatable bonds is 3. The van der Waals surface area contributed by atoms with Gasteiger partial charge in [-0.15, -0.1) is 0 Å². The number of aliphatic hydroxyl groups is 2. The molecule has 0 aromatic heterocycles. The van der Waals surface area contributed by atoms with Crippen LogP contribution >= 0.6 is 0 Å². The number of azide groups is 1. The third-order valence-electron chi connectivity index (χ3n) is 3.18. The van der Waals surface area contributed by atoms with E-state index >= 15 is 0 Å². The van der Waals surface area contributed by atoms with Gasteiger partial charge < -0.3 is 14.9 Å². The van der Waals surface area contributed by atoms with Crippen LogP contribution in [0.5, 0.6) is 0 Å². The first-order valence-electron chi connectivity index (χ1n) is 6.07. The van der Waals surface area contributed by atoms with Crippen LogP contribution < -0.4 is 0 Å². The smallest absolute Gasteiger partial charge is 0.148 e. The Labute approximate surface area is 202 Å². The second-order valence-electron chi connectivity index (χ2n) is 4.50. The van der Waals surface area contributed by atoms with E-state index in [9.17, 15) is 14.4 Å². The first kappa shape index (κ1) is 23.4. The Kier molecular flexibility index (Phi) is 11.9.